The van der Waals surface area contributed by atoms with Crippen LogP contribution in [0.2, 0.25) is 5.02 Å². The smallest absolute Gasteiger partial charge is 0.237 e. The van der Waals surface area contributed by atoms with E-state index in [0.717, 1.165) is 21.6 Å². The summed E-state index contributed by atoms with van der Waals surface area (Å²) in [5, 5.41) is 5.20. The van der Waals surface area contributed by atoms with E-state index in [2.05, 4.69) is 10.3 Å². The van der Waals surface area contributed by atoms with Crippen molar-refractivity contribution in [3.63, 3.8) is 0 Å². The van der Waals surface area contributed by atoms with Gasteiger partial charge in [0.25, 0.3) is 0 Å². The largest absolute Gasteiger partial charge is 0.325 e. The zero-order valence-electron chi connectivity index (χ0n) is 12.5. The van der Waals surface area contributed by atoms with Gasteiger partial charge in [0, 0.05) is 16.1 Å². The molecule has 0 aliphatic heterocycles. The lowest BCUT2D eigenvalue weighted by Crippen LogP contribution is -2.22. The van der Waals surface area contributed by atoms with E-state index in [0.29, 0.717) is 5.02 Å². The number of fused-ring (bicyclic) bond motifs is 1. The van der Waals surface area contributed by atoms with Crippen LogP contribution in [-0.2, 0) is 4.79 Å². The molecule has 0 saturated carbocycles. The van der Waals surface area contributed by atoms with Crippen LogP contribution in [0.1, 0.15) is 6.92 Å². The predicted molar refractivity (Wildman–Crippen MR) is 97.1 cm³/mol. The number of pyridine rings is 1. The van der Waals surface area contributed by atoms with E-state index in [1.54, 1.807) is 24.3 Å². The van der Waals surface area contributed by atoms with E-state index < -0.39 is 0 Å². The van der Waals surface area contributed by atoms with Crippen LogP contribution in [0.4, 0.5) is 5.69 Å². The van der Waals surface area contributed by atoms with Crippen LogP contribution < -0.4 is 5.32 Å². The van der Waals surface area contributed by atoms with Crippen LogP contribution in [0.5, 0.6) is 0 Å². The topological polar surface area (TPSA) is 42.0 Å². The summed E-state index contributed by atoms with van der Waals surface area (Å²) in [6.45, 7) is 1.87. The SMILES string of the molecule is CC(Sc1ccc2ccccc2n1)C(=O)Nc1ccc(Cl)cc1. The Labute approximate surface area is 144 Å². The van der Waals surface area contributed by atoms with E-state index in [1.807, 2.05) is 43.3 Å². The quantitative estimate of drug-likeness (QED) is 0.678. The number of aromatic nitrogens is 1. The van der Waals surface area contributed by atoms with E-state index in [4.69, 9.17) is 11.6 Å². The number of amides is 1. The molecule has 23 heavy (non-hydrogen) atoms. The first-order chi connectivity index (χ1) is 11.1. The van der Waals surface area contributed by atoms with Crippen LogP contribution in [0.25, 0.3) is 10.9 Å². The average molecular weight is 343 g/mol. The summed E-state index contributed by atoms with van der Waals surface area (Å²) in [4.78, 5) is 16.9. The lowest BCUT2D eigenvalue weighted by molar-refractivity contribution is -0.115. The highest BCUT2D eigenvalue weighted by Gasteiger charge is 2.15. The number of rotatable bonds is 4. The summed E-state index contributed by atoms with van der Waals surface area (Å²) in [6.07, 6.45) is 0. The summed E-state index contributed by atoms with van der Waals surface area (Å²) in [7, 11) is 0. The number of nitrogens with one attached hydrogen (secondary N) is 1. The molecule has 0 saturated heterocycles. The number of para-hydroxylation sites is 1. The highest BCUT2D eigenvalue weighted by atomic mass is 35.5. The van der Waals surface area contributed by atoms with Gasteiger partial charge in [0.2, 0.25) is 5.91 Å². The number of anilines is 1. The molecule has 1 N–H and O–H groups in total. The maximum absolute atomic E-state index is 12.3. The number of halogens is 1. The molecule has 1 unspecified atom stereocenters. The molecule has 0 fully saturated rings. The van der Waals surface area contributed by atoms with Crippen LogP contribution in [0, 0.1) is 0 Å². The Balaban J connectivity index is 1.68. The minimum Gasteiger partial charge on any atom is -0.325 e. The third kappa shape index (κ3) is 4.03. The third-order valence-corrected chi connectivity index (χ3v) is 4.64. The average Bonchev–Trinajstić information content (AvgIpc) is 2.56. The first-order valence-electron chi connectivity index (χ1n) is 7.21. The molecule has 0 spiro atoms. The van der Waals surface area contributed by atoms with Crippen LogP contribution in [0.3, 0.4) is 0 Å². The van der Waals surface area contributed by atoms with Gasteiger partial charge in [-0.2, -0.15) is 0 Å². The lowest BCUT2D eigenvalue weighted by Gasteiger charge is -2.12. The molecule has 1 amide bonds. The van der Waals surface area contributed by atoms with Crippen molar-refractivity contribution in [1.29, 1.82) is 0 Å². The van der Waals surface area contributed by atoms with Gasteiger partial charge in [-0.3, -0.25) is 4.79 Å². The molecule has 0 aliphatic rings. The van der Waals surface area contributed by atoms with Gasteiger partial charge in [-0.25, -0.2) is 4.98 Å². The number of benzene rings is 2. The molecule has 1 heterocycles. The van der Waals surface area contributed by atoms with Gasteiger partial charge in [-0.15, -0.1) is 0 Å². The van der Waals surface area contributed by atoms with Crippen LogP contribution in [0.15, 0.2) is 65.7 Å². The van der Waals surface area contributed by atoms with Gasteiger partial charge in [-0.05, 0) is 43.3 Å². The van der Waals surface area contributed by atoms with Crippen molar-refractivity contribution in [2.45, 2.75) is 17.2 Å². The fraction of sp³-hybridized carbons (Fsp3) is 0.111. The molecular weight excluding hydrogens is 328 g/mol. The zero-order valence-corrected chi connectivity index (χ0v) is 14.1. The minimum atomic E-state index is -0.251. The van der Waals surface area contributed by atoms with Crippen molar-refractivity contribution in [3.8, 4) is 0 Å². The fourth-order valence-electron chi connectivity index (χ4n) is 2.12. The molecule has 5 heteroatoms. The Bertz CT molecular complexity index is 836. The van der Waals surface area contributed by atoms with E-state index in [1.165, 1.54) is 11.8 Å². The molecule has 3 rings (SSSR count). The van der Waals surface area contributed by atoms with Crippen LogP contribution >= 0.6 is 23.4 Å². The number of nitrogens with zero attached hydrogens (tertiary/aromatic N) is 1. The predicted octanol–water partition coefficient (Wildman–Crippen LogP) is 5.01. The first-order valence-corrected chi connectivity index (χ1v) is 8.46. The van der Waals surface area contributed by atoms with Crippen molar-refractivity contribution in [1.82, 2.24) is 4.98 Å². The minimum absolute atomic E-state index is 0.0627. The van der Waals surface area contributed by atoms with Crippen LogP contribution in [-0.4, -0.2) is 16.1 Å². The van der Waals surface area contributed by atoms with Gasteiger partial charge in [0.15, 0.2) is 0 Å². The number of carbonyl (C=O) groups is 1. The Morgan fingerprint density at radius 3 is 2.61 bits per heavy atom. The Morgan fingerprint density at radius 1 is 1.09 bits per heavy atom. The summed E-state index contributed by atoms with van der Waals surface area (Å²) >= 11 is 7.28. The second kappa shape index (κ2) is 7.02. The number of carbonyl (C=O) groups excluding carboxylic acids is 1. The summed E-state index contributed by atoms with van der Waals surface area (Å²) in [5.41, 5.74) is 1.67. The second-order valence-corrected chi connectivity index (χ2v) is 6.90. The van der Waals surface area contributed by atoms with Crippen molar-refractivity contribution in [2.75, 3.05) is 5.32 Å². The first kappa shape index (κ1) is 15.8. The summed E-state index contributed by atoms with van der Waals surface area (Å²) < 4.78 is 0. The van der Waals surface area contributed by atoms with Gasteiger partial charge in [0.1, 0.15) is 0 Å². The van der Waals surface area contributed by atoms with Gasteiger partial charge in [0.05, 0.1) is 15.8 Å². The lowest BCUT2D eigenvalue weighted by atomic mass is 10.2. The molecule has 0 radical (unpaired) electrons. The maximum atomic E-state index is 12.3. The summed E-state index contributed by atoms with van der Waals surface area (Å²) in [5.74, 6) is -0.0627. The number of hydrogen-bond donors (Lipinski definition) is 1. The maximum Gasteiger partial charge on any atom is 0.237 e. The second-order valence-electron chi connectivity index (χ2n) is 5.10. The van der Waals surface area contributed by atoms with Crippen molar-refractivity contribution >= 4 is 45.9 Å². The molecule has 0 bridgehead atoms. The van der Waals surface area contributed by atoms with E-state index in [-0.39, 0.29) is 11.2 Å². The molecular formula is C18H15ClN2OS. The monoisotopic (exact) mass is 342 g/mol. The standard InChI is InChI=1S/C18H15ClN2OS/c1-12(18(22)20-15-9-7-14(19)8-10-15)23-17-11-6-13-4-2-3-5-16(13)21-17/h2-12H,1H3,(H,20,22). The molecule has 3 nitrogen and oxygen atoms in total. The van der Waals surface area contributed by atoms with Gasteiger partial charge in [-0.1, -0.05) is 47.6 Å². The molecule has 3 aromatic rings. The van der Waals surface area contributed by atoms with Crippen molar-refractivity contribution in [2.24, 2.45) is 0 Å². The van der Waals surface area contributed by atoms with Gasteiger partial charge >= 0.3 is 0 Å². The molecule has 116 valence electrons. The molecule has 1 aromatic heterocycles. The zero-order chi connectivity index (χ0) is 16.2. The van der Waals surface area contributed by atoms with E-state index >= 15 is 0 Å². The summed E-state index contributed by atoms with van der Waals surface area (Å²) in [6, 6.07) is 19.0. The van der Waals surface area contributed by atoms with Crippen molar-refractivity contribution < 1.29 is 4.79 Å². The third-order valence-electron chi connectivity index (χ3n) is 3.35. The Hall–Kier alpha value is -2.04. The highest BCUT2D eigenvalue weighted by molar-refractivity contribution is 8.00. The Morgan fingerprint density at radius 2 is 1.83 bits per heavy atom. The van der Waals surface area contributed by atoms with Gasteiger partial charge < -0.3 is 5.32 Å². The molecule has 1 atom stereocenters. The number of hydrogen-bond acceptors (Lipinski definition) is 3. The molecule has 2 aromatic carbocycles. The fourth-order valence-corrected chi connectivity index (χ4v) is 3.08. The molecule has 0 aliphatic carbocycles. The van der Waals surface area contributed by atoms with Crippen molar-refractivity contribution in [3.05, 3.63) is 65.7 Å². The highest BCUT2D eigenvalue weighted by Crippen LogP contribution is 2.25. The Kier molecular flexibility index (Phi) is 4.84. The van der Waals surface area contributed by atoms with E-state index in [9.17, 15) is 4.79 Å². The number of thioether (sulfide) groups is 1. The normalized spacial score (nSPS) is 12.1.